The van der Waals surface area contributed by atoms with E-state index in [4.69, 9.17) is 19.7 Å². The third-order valence-corrected chi connectivity index (χ3v) is 4.57. The number of amides is 2. The molecule has 0 aliphatic heterocycles. The first kappa shape index (κ1) is 28.1. The van der Waals surface area contributed by atoms with Gasteiger partial charge in [-0.25, -0.2) is 14.6 Å². The lowest BCUT2D eigenvalue weighted by molar-refractivity contribution is -0.134. The van der Waals surface area contributed by atoms with E-state index in [9.17, 15) is 19.2 Å². The van der Waals surface area contributed by atoms with Gasteiger partial charge in [-0.1, -0.05) is 0 Å². The van der Waals surface area contributed by atoms with Gasteiger partial charge in [-0.15, -0.1) is 11.3 Å². The van der Waals surface area contributed by atoms with Gasteiger partial charge in [0.15, 0.2) is 16.6 Å². The second-order valence-corrected chi connectivity index (χ2v) is 7.49. The Hall–Kier alpha value is -3.97. The fraction of sp³-hybridized carbons (Fsp3) is 0.286. The van der Waals surface area contributed by atoms with E-state index in [2.05, 4.69) is 15.6 Å². The highest BCUT2D eigenvalue weighted by atomic mass is 32.1. The molecule has 0 spiro atoms. The van der Waals surface area contributed by atoms with Crippen LogP contribution in [0.25, 0.3) is 0 Å². The number of ether oxygens (including phenoxy) is 2. The minimum atomic E-state index is -1.26. The molecule has 12 nitrogen and oxygen atoms in total. The molecule has 1 heterocycles. The van der Waals surface area contributed by atoms with Crippen molar-refractivity contribution in [2.75, 3.05) is 46.7 Å². The number of hydrogen-bond donors (Lipinski definition) is 4. The van der Waals surface area contributed by atoms with Crippen molar-refractivity contribution in [2.45, 2.75) is 0 Å². The largest absolute Gasteiger partial charge is 0.493 e. The van der Waals surface area contributed by atoms with Gasteiger partial charge in [0.25, 0.3) is 11.8 Å². The Morgan fingerprint density at radius 3 is 2.18 bits per heavy atom. The highest BCUT2D eigenvalue weighted by Crippen LogP contribution is 2.28. The van der Waals surface area contributed by atoms with Crippen LogP contribution in [0, 0.1) is 0 Å². The van der Waals surface area contributed by atoms with E-state index < -0.39 is 11.9 Å². The molecule has 184 valence electrons. The van der Waals surface area contributed by atoms with Gasteiger partial charge >= 0.3 is 11.9 Å². The maximum atomic E-state index is 12.4. The summed E-state index contributed by atoms with van der Waals surface area (Å²) in [5, 5.41) is 23.0. The normalized spacial score (nSPS) is 10.3. The molecule has 0 fully saturated rings. The second kappa shape index (κ2) is 14.2. The van der Waals surface area contributed by atoms with Crippen molar-refractivity contribution in [3.8, 4) is 11.5 Å². The van der Waals surface area contributed by atoms with Crippen LogP contribution in [-0.4, -0.2) is 85.3 Å². The number of rotatable bonds is 10. The summed E-state index contributed by atoms with van der Waals surface area (Å²) in [5.41, 5.74) is 0.672. The van der Waals surface area contributed by atoms with Gasteiger partial charge in [0.2, 0.25) is 0 Å². The van der Waals surface area contributed by atoms with Gasteiger partial charge in [-0.3, -0.25) is 14.9 Å². The van der Waals surface area contributed by atoms with Crippen molar-refractivity contribution in [1.29, 1.82) is 0 Å². The molecule has 2 rings (SSSR count). The molecule has 2 amide bonds. The average Bonchev–Trinajstić information content (AvgIpc) is 3.25. The molecule has 0 saturated heterocycles. The molecule has 2 aromatic rings. The van der Waals surface area contributed by atoms with Gasteiger partial charge in [0, 0.05) is 36.2 Å². The number of hydrogen-bond acceptors (Lipinski definition) is 9. The third kappa shape index (κ3) is 10.1. The zero-order valence-corrected chi connectivity index (χ0v) is 19.8. The van der Waals surface area contributed by atoms with E-state index in [0.29, 0.717) is 40.9 Å². The Balaban J connectivity index is 0.000000620. The first-order valence-electron chi connectivity index (χ1n) is 9.63. The highest BCUT2D eigenvalue weighted by Gasteiger charge is 2.15. The third-order valence-electron chi connectivity index (χ3n) is 3.82. The number of carbonyl (C=O) groups excluding carboxylic acids is 2. The number of likely N-dealkylation sites (N-methyl/N-ethyl adjacent to an activating group) is 1. The molecule has 4 N–H and O–H groups in total. The summed E-state index contributed by atoms with van der Waals surface area (Å²) in [6.45, 7) is 1.26. The summed E-state index contributed by atoms with van der Waals surface area (Å²) in [6, 6.07) is 4.86. The minimum Gasteiger partial charge on any atom is -0.493 e. The summed E-state index contributed by atoms with van der Waals surface area (Å²) >= 11 is 1.19. The number of carboxylic acid groups (broad SMARTS) is 2. The van der Waals surface area contributed by atoms with Crippen LogP contribution in [0.4, 0.5) is 5.13 Å². The van der Waals surface area contributed by atoms with Crippen LogP contribution in [0.15, 0.2) is 35.7 Å². The van der Waals surface area contributed by atoms with E-state index in [1.54, 1.807) is 23.6 Å². The van der Waals surface area contributed by atoms with Gasteiger partial charge in [0.05, 0.1) is 14.2 Å². The molecule has 1 aromatic heterocycles. The molecule has 0 aliphatic carbocycles. The number of carbonyl (C=O) groups is 4. The van der Waals surface area contributed by atoms with E-state index in [1.165, 1.54) is 25.6 Å². The molecule has 34 heavy (non-hydrogen) atoms. The minimum absolute atomic E-state index is 0.269. The number of aliphatic carboxylic acids is 2. The Kier molecular flexibility index (Phi) is 11.7. The van der Waals surface area contributed by atoms with Gasteiger partial charge in [-0.2, -0.15) is 0 Å². The highest BCUT2D eigenvalue weighted by molar-refractivity contribution is 7.14. The fourth-order valence-corrected chi connectivity index (χ4v) is 2.89. The van der Waals surface area contributed by atoms with Crippen molar-refractivity contribution in [3.63, 3.8) is 0 Å². The van der Waals surface area contributed by atoms with E-state index in [1.807, 2.05) is 19.0 Å². The van der Waals surface area contributed by atoms with Crippen LogP contribution in [-0.2, 0) is 9.59 Å². The zero-order chi connectivity index (χ0) is 25.7. The Labute approximate surface area is 199 Å². The average molecular weight is 495 g/mol. The summed E-state index contributed by atoms with van der Waals surface area (Å²) in [6.07, 6.45) is 1.12. The monoisotopic (exact) mass is 494 g/mol. The lowest BCUT2D eigenvalue weighted by atomic mass is 10.2. The second-order valence-electron chi connectivity index (χ2n) is 6.63. The van der Waals surface area contributed by atoms with Gasteiger partial charge in [-0.05, 0) is 32.3 Å². The zero-order valence-electron chi connectivity index (χ0n) is 19.0. The summed E-state index contributed by atoms with van der Waals surface area (Å²) in [4.78, 5) is 49.6. The Morgan fingerprint density at radius 1 is 1.03 bits per heavy atom. The number of benzene rings is 1. The maximum absolute atomic E-state index is 12.4. The SMILES string of the molecule is COc1ccc(C(=O)Nc2nc(C(=O)NCCN(C)C)cs2)cc1OC.O=C(O)C=CC(=O)O. The first-order chi connectivity index (χ1) is 16.1. The van der Waals surface area contributed by atoms with Crippen LogP contribution in [0.5, 0.6) is 11.5 Å². The molecule has 0 radical (unpaired) electrons. The number of anilines is 1. The molecular weight excluding hydrogens is 468 g/mol. The molecule has 0 saturated carbocycles. The maximum Gasteiger partial charge on any atom is 0.328 e. The molecule has 1 aromatic carbocycles. The smallest absolute Gasteiger partial charge is 0.328 e. The first-order valence-corrected chi connectivity index (χ1v) is 10.5. The van der Waals surface area contributed by atoms with Crippen LogP contribution in [0.2, 0.25) is 0 Å². The molecule has 0 aliphatic rings. The van der Waals surface area contributed by atoms with Crippen LogP contribution in [0.1, 0.15) is 20.8 Å². The predicted octanol–water partition coefficient (Wildman–Crippen LogP) is 1.42. The molecule has 0 unspecified atom stereocenters. The van der Waals surface area contributed by atoms with Crippen molar-refractivity contribution in [2.24, 2.45) is 0 Å². The molecule has 0 bridgehead atoms. The molecular formula is C21H26N4O8S. The molecule has 0 atom stereocenters. The van der Waals surface area contributed by atoms with Gasteiger partial charge < -0.3 is 29.9 Å². The lowest BCUT2D eigenvalue weighted by Gasteiger charge is -2.09. The summed E-state index contributed by atoms with van der Waals surface area (Å²) in [7, 11) is 6.88. The predicted molar refractivity (Wildman–Crippen MR) is 125 cm³/mol. The van der Waals surface area contributed by atoms with E-state index in [-0.39, 0.29) is 17.5 Å². The van der Waals surface area contributed by atoms with Crippen molar-refractivity contribution < 1.29 is 38.9 Å². The van der Waals surface area contributed by atoms with Crippen LogP contribution < -0.4 is 20.1 Å². The van der Waals surface area contributed by atoms with Crippen molar-refractivity contribution in [3.05, 3.63) is 47.0 Å². The number of thiazole rings is 1. The molecule has 13 heteroatoms. The van der Waals surface area contributed by atoms with E-state index >= 15 is 0 Å². The quantitative estimate of drug-likeness (QED) is 0.355. The van der Waals surface area contributed by atoms with Crippen LogP contribution in [0.3, 0.4) is 0 Å². The van der Waals surface area contributed by atoms with E-state index in [0.717, 1.165) is 6.54 Å². The number of nitrogens with zero attached hydrogens (tertiary/aromatic N) is 2. The number of carboxylic acids is 2. The fourth-order valence-electron chi connectivity index (χ4n) is 2.21. The Bertz CT molecular complexity index is 1020. The van der Waals surface area contributed by atoms with Crippen LogP contribution >= 0.6 is 11.3 Å². The lowest BCUT2D eigenvalue weighted by Crippen LogP contribution is -2.31. The standard InChI is InChI=1S/C17H22N4O4S.C4H4O4/c1-21(2)8-7-18-16(23)12-10-26-17(19-12)20-15(22)11-5-6-13(24-3)14(9-11)25-4;5-3(6)1-2-4(7)8/h5-6,9-10H,7-8H2,1-4H3,(H,18,23)(H,19,20,22);1-2H,(H,5,6)(H,7,8). The number of nitrogens with one attached hydrogen (secondary N) is 2. The van der Waals surface area contributed by atoms with Crippen molar-refractivity contribution in [1.82, 2.24) is 15.2 Å². The summed E-state index contributed by atoms with van der Waals surface area (Å²) in [5.74, 6) is -2.13. The van der Waals surface area contributed by atoms with Crippen molar-refractivity contribution >= 4 is 40.2 Å². The topological polar surface area (TPSA) is 167 Å². The Morgan fingerprint density at radius 2 is 1.65 bits per heavy atom. The number of methoxy groups -OCH3 is 2. The summed E-state index contributed by atoms with van der Waals surface area (Å²) < 4.78 is 10.3. The number of aromatic nitrogens is 1. The van der Waals surface area contributed by atoms with Gasteiger partial charge in [0.1, 0.15) is 5.69 Å².